The lowest BCUT2D eigenvalue weighted by Crippen LogP contribution is -2.33. The van der Waals surface area contributed by atoms with Crippen molar-refractivity contribution in [1.29, 1.82) is 0 Å². The SMILES string of the molecule is CC(=O)Nc1ccc(C2=C(Nc3ccc(C(C)C)cc3)C(=O)N(c3cc(C)ccc3C)C2=O)cc1. The molecule has 1 aliphatic rings. The number of rotatable bonds is 6. The molecule has 0 radical (unpaired) electrons. The summed E-state index contributed by atoms with van der Waals surface area (Å²) in [6, 6.07) is 20.5. The van der Waals surface area contributed by atoms with Crippen molar-refractivity contribution in [3.05, 3.63) is 94.7 Å². The number of aryl methyl sites for hydroxylation is 2. The summed E-state index contributed by atoms with van der Waals surface area (Å²) in [5, 5.41) is 5.94. The maximum Gasteiger partial charge on any atom is 0.282 e. The molecule has 0 fully saturated rings. The number of hydrogen-bond donors (Lipinski definition) is 2. The minimum Gasteiger partial charge on any atom is -0.350 e. The summed E-state index contributed by atoms with van der Waals surface area (Å²) < 4.78 is 0. The van der Waals surface area contributed by atoms with Crippen molar-refractivity contribution >= 4 is 40.4 Å². The van der Waals surface area contributed by atoms with Crippen LogP contribution in [-0.4, -0.2) is 17.7 Å². The standard InChI is InChI=1S/C29H29N3O3/c1-17(2)21-8-12-24(13-9-21)31-27-26(22-10-14-23(15-11-22)30-20(5)33)28(34)32(29(27)35)25-16-18(3)6-7-19(25)4/h6-17,31H,1-5H3,(H,30,33). The molecule has 2 N–H and O–H groups in total. The zero-order valence-electron chi connectivity index (χ0n) is 20.6. The molecule has 0 saturated heterocycles. The predicted molar refractivity (Wildman–Crippen MR) is 140 cm³/mol. The third-order valence-corrected chi connectivity index (χ3v) is 6.03. The summed E-state index contributed by atoms with van der Waals surface area (Å²) >= 11 is 0. The molecule has 3 aromatic carbocycles. The van der Waals surface area contributed by atoms with E-state index in [1.807, 2.05) is 56.3 Å². The molecule has 178 valence electrons. The van der Waals surface area contributed by atoms with E-state index in [-0.39, 0.29) is 11.6 Å². The van der Waals surface area contributed by atoms with E-state index in [4.69, 9.17) is 0 Å². The molecule has 6 nitrogen and oxygen atoms in total. The summed E-state index contributed by atoms with van der Waals surface area (Å²) in [7, 11) is 0. The van der Waals surface area contributed by atoms with E-state index >= 15 is 0 Å². The Bertz CT molecular complexity index is 1340. The number of carbonyl (C=O) groups is 3. The third kappa shape index (κ3) is 4.87. The van der Waals surface area contributed by atoms with E-state index in [1.165, 1.54) is 17.4 Å². The maximum atomic E-state index is 13.7. The summed E-state index contributed by atoms with van der Waals surface area (Å²) in [6.07, 6.45) is 0. The van der Waals surface area contributed by atoms with Gasteiger partial charge in [0, 0.05) is 18.3 Å². The van der Waals surface area contributed by atoms with Crippen LogP contribution in [0.25, 0.3) is 5.57 Å². The quantitative estimate of drug-likeness (QED) is 0.450. The third-order valence-electron chi connectivity index (χ3n) is 6.03. The van der Waals surface area contributed by atoms with Gasteiger partial charge in [-0.05, 0) is 72.4 Å². The Morgan fingerprint density at radius 1 is 0.829 bits per heavy atom. The summed E-state index contributed by atoms with van der Waals surface area (Å²) in [5.74, 6) is -0.595. The Morgan fingerprint density at radius 3 is 2.06 bits per heavy atom. The number of carbonyl (C=O) groups excluding carboxylic acids is 3. The second kappa shape index (κ2) is 9.58. The van der Waals surface area contributed by atoms with E-state index in [2.05, 4.69) is 24.5 Å². The van der Waals surface area contributed by atoms with Gasteiger partial charge >= 0.3 is 0 Å². The second-order valence-electron chi connectivity index (χ2n) is 9.15. The van der Waals surface area contributed by atoms with E-state index in [1.54, 1.807) is 24.3 Å². The lowest BCUT2D eigenvalue weighted by molar-refractivity contribution is -0.120. The number of nitrogens with zero attached hydrogens (tertiary/aromatic N) is 1. The molecule has 0 bridgehead atoms. The lowest BCUT2D eigenvalue weighted by atomic mass is 10.0. The average molecular weight is 468 g/mol. The van der Waals surface area contributed by atoms with Gasteiger partial charge < -0.3 is 10.6 Å². The summed E-state index contributed by atoms with van der Waals surface area (Å²) in [5.41, 5.74) is 5.98. The lowest BCUT2D eigenvalue weighted by Gasteiger charge is -2.18. The van der Waals surface area contributed by atoms with Crippen LogP contribution in [0.15, 0.2) is 72.4 Å². The van der Waals surface area contributed by atoms with Gasteiger partial charge in [-0.3, -0.25) is 14.4 Å². The molecule has 3 amide bonds. The van der Waals surface area contributed by atoms with Gasteiger partial charge in [-0.2, -0.15) is 0 Å². The van der Waals surface area contributed by atoms with Gasteiger partial charge in [0.2, 0.25) is 5.91 Å². The van der Waals surface area contributed by atoms with Gasteiger partial charge in [0.05, 0.1) is 11.3 Å². The van der Waals surface area contributed by atoms with Crippen molar-refractivity contribution in [3.8, 4) is 0 Å². The summed E-state index contributed by atoms with van der Waals surface area (Å²) in [6.45, 7) is 9.49. The predicted octanol–water partition coefficient (Wildman–Crippen LogP) is 5.78. The van der Waals surface area contributed by atoms with Crippen LogP contribution in [-0.2, 0) is 14.4 Å². The van der Waals surface area contributed by atoms with E-state index < -0.39 is 11.8 Å². The van der Waals surface area contributed by atoms with Crippen molar-refractivity contribution < 1.29 is 14.4 Å². The molecule has 0 aliphatic carbocycles. The van der Waals surface area contributed by atoms with Crippen molar-refractivity contribution in [3.63, 3.8) is 0 Å². The summed E-state index contributed by atoms with van der Waals surface area (Å²) in [4.78, 5) is 40.0. The highest BCUT2D eigenvalue weighted by molar-refractivity contribution is 6.46. The number of hydrogen-bond acceptors (Lipinski definition) is 4. The molecular formula is C29H29N3O3. The first-order valence-corrected chi connectivity index (χ1v) is 11.6. The fourth-order valence-electron chi connectivity index (χ4n) is 4.11. The first kappa shape index (κ1) is 24.0. The van der Waals surface area contributed by atoms with E-state index in [9.17, 15) is 14.4 Å². The van der Waals surface area contributed by atoms with Crippen molar-refractivity contribution in [1.82, 2.24) is 0 Å². The molecule has 35 heavy (non-hydrogen) atoms. The van der Waals surface area contributed by atoms with E-state index in [0.717, 1.165) is 16.8 Å². The molecule has 4 rings (SSSR count). The maximum absolute atomic E-state index is 13.7. The Balaban J connectivity index is 1.79. The van der Waals surface area contributed by atoms with Crippen LogP contribution in [0.5, 0.6) is 0 Å². The van der Waals surface area contributed by atoms with Crippen LogP contribution >= 0.6 is 0 Å². The number of amides is 3. The first-order chi connectivity index (χ1) is 16.7. The molecule has 0 atom stereocenters. The average Bonchev–Trinajstić information content (AvgIpc) is 3.05. The Kier molecular flexibility index (Phi) is 6.56. The van der Waals surface area contributed by atoms with Gasteiger partial charge in [-0.25, -0.2) is 4.90 Å². The van der Waals surface area contributed by atoms with Crippen LogP contribution in [0.1, 0.15) is 48.9 Å². The Labute approximate surface area is 205 Å². The van der Waals surface area contributed by atoms with Crippen LogP contribution < -0.4 is 15.5 Å². The van der Waals surface area contributed by atoms with Crippen LogP contribution in [0.2, 0.25) is 0 Å². The van der Waals surface area contributed by atoms with Crippen LogP contribution in [0.3, 0.4) is 0 Å². The Hall–Kier alpha value is -4.19. The molecule has 0 aromatic heterocycles. The van der Waals surface area contributed by atoms with Gasteiger partial charge in [-0.1, -0.05) is 50.2 Å². The fraction of sp³-hybridized carbons (Fsp3) is 0.207. The van der Waals surface area contributed by atoms with Gasteiger partial charge in [0.1, 0.15) is 5.70 Å². The first-order valence-electron chi connectivity index (χ1n) is 11.6. The van der Waals surface area contributed by atoms with Gasteiger partial charge in [0.15, 0.2) is 0 Å². The topological polar surface area (TPSA) is 78.5 Å². The fourth-order valence-corrected chi connectivity index (χ4v) is 4.11. The number of anilines is 3. The number of imide groups is 1. The highest BCUT2D eigenvalue weighted by Crippen LogP contribution is 2.36. The minimum absolute atomic E-state index is 0.183. The van der Waals surface area contributed by atoms with Crippen molar-refractivity contribution in [2.24, 2.45) is 0 Å². The van der Waals surface area contributed by atoms with Gasteiger partial charge in [-0.15, -0.1) is 0 Å². The number of nitrogens with one attached hydrogen (secondary N) is 2. The molecule has 0 saturated carbocycles. The van der Waals surface area contributed by atoms with Crippen molar-refractivity contribution in [2.45, 2.75) is 40.5 Å². The molecule has 1 heterocycles. The largest absolute Gasteiger partial charge is 0.350 e. The number of benzene rings is 3. The molecule has 0 spiro atoms. The van der Waals surface area contributed by atoms with Crippen LogP contribution in [0, 0.1) is 13.8 Å². The van der Waals surface area contributed by atoms with Gasteiger partial charge in [0.25, 0.3) is 11.8 Å². The molecule has 3 aromatic rings. The van der Waals surface area contributed by atoms with Crippen molar-refractivity contribution in [2.75, 3.05) is 15.5 Å². The molecular weight excluding hydrogens is 438 g/mol. The normalized spacial score (nSPS) is 13.6. The highest BCUT2D eigenvalue weighted by Gasteiger charge is 2.40. The highest BCUT2D eigenvalue weighted by atomic mass is 16.2. The monoisotopic (exact) mass is 467 g/mol. The van der Waals surface area contributed by atoms with Crippen LogP contribution in [0.4, 0.5) is 17.1 Å². The smallest absolute Gasteiger partial charge is 0.282 e. The second-order valence-corrected chi connectivity index (χ2v) is 9.15. The molecule has 6 heteroatoms. The zero-order valence-corrected chi connectivity index (χ0v) is 20.6. The van der Waals surface area contributed by atoms with E-state index in [0.29, 0.717) is 28.4 Å². The zero-order chi connectivity index (χ0) is 25.3. The molecule has 0 unspecified atom stereocenters. The minimum atomic E-state index is -0.405. The Morgan fingerprint density at radius 2 is 1.46 bits per heavy atom. The molecule has 1 aliphatic heterocycles.